The number of hydrogen-bond acceptors (Lipinski definition) is 4. The molecule has 2 aromatic carbocycles. The Morgan fingerprint density at radius 2 is 1.83 bits per heavy atom. The van der Waals surface area contributed by atoms with Gasteiger partial charge in [-0.3, -0.25) is 5.43 Å². The van der Waals surface area contributed by atoms with E-state index in [9.17, 15) is 8.42 Å². The summed E-state index contributed by atoms with van der Waals surface area (Å²) in [5.74, 6) is 5.20. The number of aryl methyl sites for hydroxylation is 1. The maximum Gasteiger partial charge on any atom is 0.286 e. The normalized spacial score (nSPS) is 12.1. The fraction of sp³-hybridized carbons (Fsp3) is 0.0714. The number of halogens is 2. The van der Waals surface area contributed by atoms with E-state index < -0.39 is 10.0 Å². The molecule has 0 aliphatic heterocycles. The predicted octanol–water partition coefficient (Wildman–Crippen LogP) is 3.21. The van der Waals surface area contributed by atoms with Crippen molar-refractivity contribution in [2.75, 3.05) is 5.32 Å². The van der Waals surface area contributed by atoms with Gasteiger partial charge in [0.05, 0.1) is 0 Å². The van der Waals surface area contributed by atoms with Crippen LogP contribution in [0.2, 0.25) is 10.0 Å². The van der Waals surface area contributed by atoms with Gasteiger partial charge < -0.3 is 5.32 Å². The van der Waals surface area contributed by atoms with Gasteiger partial charge in [0.2, 0.25) is 5.96 Å². The van der Waals surface area contributed by atoms with E-state index in [-0.39, 0.29) is 15.8 Å². The minimum Gasteiger partial charge on any atom is -0.324 e. The minimum absolute atomic E-state index is 0.0709. The van der Waals surface area contributed by atoms with Crippen LogP contribution < -0.4 is 16.6 Å². The zero-order chi connectivity index (χ0) is 17.9. The highest BCUT2D eigenvalue weighted by Gasteiger charge is 2.19. The largest absolute Gasteiger partial charge is 0.324 e. The summed E-state index contributed by atoms with van der Waals surface area (Å²) in [6.07, 6.45) is 0. The van der Waals surface area contributed by atoms with Crippen LogP contribution in [0.25, 0.3) is 0 Å². The van der Waals surface area contributed by atoms with Crippen molar-refractivity contribution in [1.82, 2.24) is 5.43 Å². The third-order valence-electron chi connectivity index (χ3n) is 2.97. The van der Waals surface area contributed by atoms with Gasteiger partial charge in [0.15, 0.2) is 0 Å². The number of benzene rings is 2. The summed E-state index contributed by atoms with van der Waals surface area (Å²) in [6, 6.07) is 9.43. The van der Waals surface area contributed by atoms with Crippen molar-refractivity contribution in [3.63, 3.8) is 0 Å². The van der Waals surface area contributed by atoms with E-state index in [0.717, 1.165) is 0 Å². The van der Waals surface area contributed by atoms with Gasteiger partial charge in [-0.25, -0.2) is 5.84 Å². The summed E-state index contributed by atoms with van der Waals surface area (Å²) in [7, 11) is -4.05. The quantitative estimate of drug-likeness (QED) is 0.207. The van der Waals surface area contributed by atoms with Gasteiger partial charge in [-0.2, -0.15) is 8.42 Å². The number of anilines is 1. The second kappa shape index (κ2) is 7.62. The van der Waals surface area contributed by atoms with Crippen LogP contribution in [0.15, 0.2) is 50.6 Å². The van der Waals surface area contributed by atoms with Gasteiger partial charge in [0.1, 0.15) is 4.90 Å². The molecule has 128 valence electrons. The van der Waals surface area contributed by atoms with Crippen molar-refractivity contribution in [2.45, 2.75) is 16.7 Å². The Balaban J connectivity index is 2.38. The SMILES string of the molecule is Cc1cc(S(=O)(=O)N=C(NN)Nc2ccc(Cl)cc2)c(S)cc1Cl. The molecule has 0 unspecified atom stereocenters. The second-order valence-electron chi connectivity index (χ2n) is 4.76. The Kier molecular flexibility index (Phi) is 6.00. The number of guanidine groups is 1. The lowest BCUT2D eigenvalue weighted by molar-refractivity contribution is 0.595. The summed E-state index contributed by atoms with van der Waals surface area (Å²) in [6.45, 7) is 1.69. The first-order valence-electron chi connectivity index (χ1n) is 6.56. The summed E-state index contributed by atoms with van der Waals surface area (Å²) in [5.41, 5.74) is 3.37. The number of thiol groups is 1. The molecule has 0 saturated heterocycles. The molecule has 0 saturated carbocycles. The van der Waals surface area contributed by atoms with E-state index in [1.54, 1.807) is 31.2 Å². The van der Waals surface area contributed by atoms with Gasteiger partial charge in [-0.1, -0.05) is 23.2 Å². The molecule has 2 aromatic rings. The number of hydrazine groups is 1. The van der Waals surface area contributed by atoms with Crippen LogP contribution in [-0.4, -0.2) is 14.4 Å². The molecule has 6 nitrogen and oxygen atoms in total. The van der Waals surface area contributed by atoms with Crippen molar-refractivity contribution in [3.05, 3.63) is 52.0 Å². The molecule has 0 heterocycles. The highest BCUT2D eigenvalue weighted by atomic mass is 35.5. The van der Waals surface area contributed by atoms with Crippen molar-refractivity contribution in [2.24, 2.45) is 10.2 Å². The molecule has 0 atom stereocenters. The monoisotopic (exact) mass is 404 g/mol. The van der Waals surface area contributed by atoms with Crippen LogP contribution in [0.3, 0.4) is 0 Å². The smallest absolute Gasteiger partial charge is 0.286 e. The van der Waals surface area contributed by atoms with Crippen LogP contribution in [0.1, 0.15) is 5.56 Å². The summed E-state index contributed by atoms with van der Waals surface area (Å²) in [5, 5.41) is 3.71. The van der Waals surface area contributed by atoms with Crippen molar-refractivity contribution in [3.8, 4) is 0 Å². The molecule has 0 amide bonds. The van der Waals surface area contributed by atoms with Crippen LogP contribution in [-0.2, 0) is 10.0 Å². The Morgan fingerprint density at radius 3 is 2.42 bits per heavy atom. The third kappa shape index (κ3) is 4.55. The highest BCUT2D eigenvalue weighted by Crippen LogP contribution is 2.28. The fourth-order valence-corrected chi connectivity index (χ4v) is 3.77. The first kappa shape index (κ1) is 18.9. The second-order valence-corrected chi connectivity index (χ2v) is 7.66. The molecular weight excluding hydrogens is 391 g/mol. The molecule has 0 aliphatic rings. The number of nitrogens with zero attached hydrogens (tertiary/aromatic N) is 1. The minimum atomic E-state index is -4.05. The van der Waals surface area contributed by atoms with Crippen LogP contribution in [0.5, 0.6) is 0 Å². The Hall–Kier alpha value is -1.45. The number of hydrogen-bond donors (Lipinski definition) is 4. The average Bonchev–Trinajstić information content (AvgIpc) is 2.52. The Bertz CT molecular complexity index is 884. The standard InChI is InChI=1S/C14H14Cl2N4O2S2/c1-8-6-13(12(23)7-11(8)16)24(21,22)20-14(19-17)18-10-4-2-9(15)3-5-10/h2-7,23H,17H2,1H3,(H2,18,19,20). The van der Waals surface area contributed by atoms with Crippen LogP contribution >= 0.6 is 35.8 Å². The Labute approximate surface area is 155 Å². The number of rotatable bonds is 3. The van der Waals surface area contributed by atoms with Gasteiger partial charge in [0.25, 0.3) is 10.0 Å². The van der Waals surface area contributed by atoms with Crippen molar-refractivity contribution in [1.29, 1.82) is 0 Å². The van der Waals surface area contributed by atoms with E-state index in [1.807, 2.05) is 0 Å². The topological polar surface area (TPSA) is 96.6 Å². The molecule has 4 N–H and O–H groups in total. The molecule has 0 aromatic heterocycles. The van der Waals surface area contributed by atoms with E-state index in [2.05, 4.69) is 27.8 Å². The number of nitrogens with one attached hydrogen (secondary N) is 2. The zero-order valence-electron chi connectivity index (χ0n) is 12.4. The number of nitrogens with two attached hydrogens (primary N) is 1. The maximum absolute atomic E-state index is 12.5. The Morgan fingerprint density at radius 1 is 1.21 bits per heavy atom. The zero-order valence-corrected chi connectivity index (χ0v) is 15.6. The van der Waals surface area contributed by atoms with Crippen molar-refractivity contribution < 1.29 is 8.42 Å². The average molecular weight is 405 g/mol. The lowest BCUT2D eigenvalue weighted by atomic mass is 10.2. The molecule has 0 spiro atoms. The van der Waals surface area contributed by atoms with Gasteiger partial charge >= 0.3 is 0 Å². The maximum atomic E-state index is 12.5. The molecule has 10 heteroatoms. The predicted molar refractivity (Wildman–Crippen MR) is 100 cm³/mol. The number of sulfonamides is 1. The fourth-order valence-electron chi connectivity index (χ4n) is 1.78. The summed E-state index contributed by atoms with van der Waals surface area (Å²) >= 11 is 15.9. The molecule has 0 aliphatic carbocycles. The van der Waals surface area contributed by atoms with Gasteiger partial charge in [-0.15, -0.1) is 17.0 Å². The van der Waals surface area contributed by atoms with Crippen LogP contribution in [0.4, 0.5) is 5.69 Å². The molecule has 0 fully saturated rings. The third-order valence-corrected chi connectivity index (χ3v) is 5.47. The van der Waals surface area contributed by atoms with E-state index in [0.29, 0.717) is 21.3 Å². The van der Waals surface area contributed by atoms with Crippen molar-refractivity contribution >= 4 is 57.5 Å². The van der Waals surface area contributed by atoms with E-state index >= 15 is 0 Å². The molecule has 2 rings (SSSR count). The first-order chi connectivity index (χ1) is 11.2. The summed E-state index contributed by atoms with van der Waals surface area (Å²) < 4.78 is 28.7. The lowest BCUT2D eigenvalue weighted by Crippen LogP contribution is -2.37. The molecule has 0 bridgehead atoms. The van der Waals surface area contributed by atoms with E-state index in [1.165, 1.54) is 12.1 Å². The van der Waals surface area contributed by atoms with Gasteiger partial charge in [0, 0.05) is 20.6 Å². The summed E-state index contributed by atoms with van der Waals surface area (Å²) in [4.78, 5) is 0.121. The highest BCUT2D eigenvalue weighted by molar-refractivity contribution is 7.91. The molecule has 0 radical (unpaired) electrons. The van der Waals surface area contributed by atoms with Gasteiger partial charge in [-0.05, 0) is 48.9 Å². The lowest BCUT2D eigenvalue weighted by Gasteiger charge is -2.10. The first-order valence-corrected chi connectivity index (χ1v) is 9.20. The van der Waals surface area contributed by atoms with E-state index in [4.69, 9.17) is 29.0 Å². The molecule has 24 heavy (non-hydrogen) atoms. The molecular formula is C14H14Cl2N4O2S2. The van der Waals surface area contributed by atoms with Crippen LogP contribution in [0, 0.1) is 6.92 Å².